The van der Waals surface area contributed by atoms with Gasteiger partial charge in [-0.3, -0.25) is 37.4 Å². The van der Waals surface area contributed by atoms with E-state index in [9.17, 15) is 28.8 Å². The molecule has 0 spiro atoms. The van der Waals surface area contributed by atoms with Gasteiger partial charge in [0.1, 0.15) is 0 Å². The zero-order valence-corrected chi connectivity index (χ0v) is 21.8. The highest BCUT2D eigenvalue weighted by Gasteiger charge is 2.14. The zero-order chi connectivity index (χ0) is 28.0. The van der Waals surface area contributed by atoms with Gasteiger partial charge in [0, 0.05) is 36.6 Å². The molecule has 0 unspecified atom stereocenters. The first-order chi connectivity index (χ1) is 18.0. The van der Waals surface area contributed by atoms with Crippen molar-refractivity contribution in [3.8, 4) is 0 Å². The highest BCUT2D eigenvalue weighted by molar-refractivity contribution is 5.69. The summed E-state index contributed by atoms with van der Waals surface area (Å²) in [5.74, 6) is -0.952. The lowest BCUT2D eigenvalue weighted by Crippen LogP contribution is -2.41. The third-order valence-electron chi connectivity index (χ3n) is 6.06. The van der Waals surface area contributed by atoms with E-state index in [2.05, 4.69) is 9.47 Å². The van der Waals surface area contributed by atoms with Gasteiger partial charge in [0.15, 0.2) is 0 Å². The van der Waals surface area contributed by atoms with E-state index < -0.39 is 34.4 Å². The summed E-state index contributed by atoms with van der Waals surface area (Å²) in [7, 11) is 2.51. The zero-order valence-electron chi connectivity index (χ0n) is 21.8. The molecule has 0 N–H and O–H groups in total. The molecule has 0 aliphatic rings. The number of ether oxygens (including phenoxy) is 2. The lowest BCUT2D eigenvalue weighted by atomic mass is 10.1. The maximum atomic E-state index is 13.0. The van der Waals surface area contributed by atoms with E-state index in [1.54, 1.807) is 38.1 Å². The third-order valence-corrected chi connectivity index (χ3v) is 6.06. The Kier molecular flexibility index (Phi) is 9.00. The van der Waals surface area contributed by atoms with Gasteiger partial charge in [0.25, 0.3) is 11.1 Å². The number of hydrogen-bond acceptors (Lipinski definition) is 8. The Morgan fingerprint density at radius 1 is 0.711 bits per heavy atom. The van der Waals surface area contributed by atoms with Gasteiger partial charge in [-0.05, 0) is 25.0 Å². The Bertz CT molecular complexity index is 1480. The molecule has 0 aliphatic carbocycles. The average molecular weight is 527 g/mol. The number of nitrogens with zero attached hydrogens (tertiary/aromatic N) is 4. The molecule has 2 heterocycles. The standard InChI is InChI=1S/C26H30N4O8/c1-17-13-27(10-8-21(31)37-3)25(35)29(23(17)33)15-19-6-5-7-20(12-19)16-30-24(34)18(2)14-28(26(30)36)11-9-22(32)38-4/h5-7,12-14H,8-11,15-16H2,1-4H3. The van der Waals surface area contributed by atoms with Gasteiger partial charge in [-0.15, -0.1) is 0 Å². The summed E-state index contributed by atoms with van der Waals surface area (Å²) in [5, 5.41) is 0. The molecule has 0 fully saturated rings. The molecule has 38 heavy (non-hydrogen) atoms. The van der Waals surface area contributed by atoms with Gasteiger partial charge in [-0.1, -0.05) is 24.3 Å². The number of carbonyl (C=O) groups is 2. The van der Waals surface area contributed by atoms with Gasteiger partial charge in [0.05, 0.1) is 40.2 Å². The number of hydrogen-bond donors (Lipinski definition) is 0. The van der Waals surface area contributed by atoms with Crippen molar-refractivity contribution in [1.29, 1.82) is 0 Å². The molecule has 1 aromatic carbocycles. The fourth-order valence-corrected chi connectivity index (χ4v) is 4.02. The van der Waals surface area contributed by atoms with E-state index in [0.717, 1.165) is 9.13 Å². The molecule has 12 nitrogen and oxygen atoms in total. The molecule has 0 amide bonds. The van der Waals surface area contributed by atoms with Crippen molar-refractivity contribution in [3.05, 3.63) is 101 Å². The van der Waals surface area contributed by atoms with E-state index in [0.29, 0.717) is 22.3 Å². The van der Waals surface area contributed by atoms with Gasteiger partial charge < -0.3 is 9.47 Å². The van der Waals surface area contributed by atoms with Crippen LogP contribution in [0.2, 0.25) is 0 Å². The van der Waals surface area contributed by atoms with E-state index >= 15 is 0 Å². The quantitative estimate of drug-likeness (QED) is 0.341. The van der Waals surface area contributed by atoms with E-state index in [1.807, 2.05) is 0 Å². The van der Waals surface area contributed by atoms with Crippen molar-refractivity contribution in [1.82, 2.24) is 18.3 Å². The summed E-state index contributed by atoms with van der Waals surface area (Å²) < 4.78 is 14.0. The summed E-state index contributed by atoms with van der Waals surface area (Å²) >= 11 is 0. The molecule has 2 aromatic heterocycles. The van der Waals surface area contributed by atoms with Crippen LogP contribution in [0.15, 0.2) is 55.8 Å². The maximum Gasteiger partial charge on any atom is 0.331 e. The predicted octanol–water partition coefficient (Wildman–Crippen LogP) is 0.173. The highest BCUT2D eigenvalue weighted by atomic mass is 16.5. The van der Waals surface area contributed by atoms with Crippen LogP contribution in [-0.4, -0.2) is 44.4 Å². The molecule has 0 radical (unpaired) electrons. The first-order valence-corrected chi connectivity index (χ1v) is 11.9. The lowest BCUT2D eigenvalue weighted by Gasteiger charge is -2.13. The molecule has 0 saturated carbocycles. The third kappa shape index (κ3) is 6.44. The number of rotatable bonds is 10. The molecular formula is C26H30N4O8. The fraction of sp³-hybridized carbons (Fsp3) is 0.385. The summed E-state index contributed by atoms with van der Waals surface area (Å²) in [6.07, 6.45) is 2.78. The van der Waals surface area contributed by atoms with Crippen molar-refractivity contribution < 1.29 is 19.1 Å². The van der Waals surface area contributed by atoms with Crippen LogP contribution in [0.1, 0.15) is 35.1 Å². The smallest absolute Gasteiger partial charge is 0.331 e. The van der Waals surface area contributed by atoms with Crippen molar-refractivity contribution in [2.45, 2.75) is 52.9 Å². The number of aromatic nitrogens is 4. The lowest BCUT2D eigenvalue weighted by molar-refractivity contribution is -0.141. The van der Waals surface area contributed by atoms with Crippen LogP contribution in [0.25, 0.3) is 0 Å². The van der Waals surface area contributed by atoms with Crippen molar-refractivity contribution in [2.75, 3.05) is 14.2 Å². The van der Waals surface area contributed by atoms with Gasteiger partial charge >= 0.3 is 23.3 Å². The molecular weight excluding hydrogens is 496 g/mol. The Hall–Kier alpha value is -4.48. The monoisotopic (exact) mass is 526 g/mol. The van der Waals surface area contributed by atoms with Crippen LogP contribution in [-0.2, 0) is 45.2 Å². The summed E-state index contributed by atoms with van der Waals surface area (Å²) in [6, 6.07) is 6.87. The minimum absolute atomic E-state index is 0.0219. The predicted molar refractivity (Wildman–Crippen MR) is 137 cm³/mol. The van der Waals surface area contributed by atoms with Gasteiger partial charge in [-0.25, -0.2) is 9.59 Å². The average Bonchev–Trinajstić information content (AvgIpc) is 2.91. The second-order valence-corrected chi connectivity index (χ2v) is 8.83. The Morgan fingerprint density at radius 3 is 1.47 bits per heavy atom. The fourth-order valence-electron chi connectivity index (χ4n) is 4.02. The van der Waals surface area contributed by atoms with Gasteiger partial charge in [0.2, 0.25) is 0 Å². The molecule has 3 rings (SSSR count). The maximum absolute atomic E-state index is 13.0. The van der Waals surface area contributed by atoms with Gasteiger partial charge in [-0.2, -0.15) is 0 Å². The SMILES string of the molecule is COC(=O)CCn1cc(C)c(=O)n(Cc2cccc(Cn3c(=O)c(C)cn(CCC(=O)OC)c3=O)c2)c1=O. The molecule has 0 atom stereocenters. The van der Waals surface area contributed by atoms with E-state index in [1.165, 1.54) is 35.7 Å². The van der Waals surface area contributed by atoms with Crippen LogP contribution < -0.4 is 22.5 Å². The topological polar surface area (TPSA) is 141 Å². The minimum Gasteiger partial charge on any atom is -0.469 e. The van der Waals surface area contributed by atoms with E-state index in [4.69, 9.17) is 0 Å². The second-order valence-electron chi connectivity index (χ2n) is 8.83. The van der Waals surface area contributed by atoms with Crippen LogP contribution in [0.4, 0.5) is 0 Å². The molecule has 12 heteroatoms. The van der Waals surface area contributed by atoms with Crippen molar-refractivity contribution >= 4 is 11.9 Å². The Balaban J connectivity index is 1.92. The Labute approximate surface area is 217 Å². The number of benzene rings is 1. The molecule has 0 bridgehead atoms. The van der Waals surface area contributed by atoms with Crippen LogP contribution in [0, 0.1) is 13.8 Å². The van der Waals surface area contributed by atoms with Crippen LogP contribution in [0.5, 0.6) is 0 Å². The van der Waals surface area contributed by atoms with Crippen molar-refractivity contribution in [3.63, 3.8) is 0 Å². The Morgan fingerprint density at radius 2 is 1.11 bits per heavy atom. The first kappa shape index (κ1) is 28.1. The second kappa shape index (κ2) is 12.2. The number of esters is 2. The molecule has 3 aromatic rings. The van der Waals surface area contributed by atoms with Crippen molar-refractivity contribution in [2.24, 2.45) is 0 Å². The minimum atomic E-state index is -0.571. The molecule has 202 valence electrons. The molecule has 0 saturated heterocycles. The highest BCUT2D eigenvalue weighted by Crippen LogP contribution is 2.08. The normalized spacial score (nSPS) is 10.8. The summed E-state index contributed by atoms with van der Waals surface area (Å²) in [4.78, 5) is 74.4. The summed E-state index contributed by atoms with van der Waals surface area (Å²) in [5.41, 5.74) is -0.168. The number of aryl methyl sites for hydroxylation is 4. The molecule has 0 aliphatic heterocycles. The first-order valence-electron chi connectivity index (χ1n) is 11.9. The number of carbonyl (C=O) groups excluding carboxylic acids is 2. The number of methoxy groups -OCH3 is 2. The summed E-state index contributed by atoms with van der Waals surface area (Å²) in [6.45, 7) is 3.20. The largest absolute Gasteiger partial charge is 0.469 e. The van der Waals surface area contributed by atoms with Crippen LogP contribution in [0.3, 0.4) is 0 Å². The van der Waals surface area contributed by atoms with E-state index in [-0.39, 0.29) is 39.0 Å². The van der Waals surface area contributed by atoms with Crippen LogP contribution >= 0.6 is 0 Å².